The Labute approximate surface area is 332 Å². The summed E-state index contributed by atoms with van der Waals surface area (Å²) in [5, 5.41) is 0. The van der Waals surface area contributed by atoms with Crippen LogP contribution < -0.4 is 0 Å². The predicted molar refractivity (Wildman–Crippen MR) is 225 cm³/mol. The fraction of sp³-hybridized carbons (Fsp3) is 0.867. The first-order valence-corrected chi connectivity index (χ1v) is 24.2. The largest absolute Gasteiger partial charge is 0.469 e. The minimum atomic E-state index is -4.75. The lowest BCUT2D eigenvalue weighted by Gasteiger charge is -2.18. The standard InChI is InChI=1S/C45H85O8P/c1-3-5-7-9-11-13-15-17-19-20-21-22-23-24-26-28-30-32-34-36-38-40-45(47)53-43(42-52-54(48,49)50)41-51-44(46)39-37-35-33-31-29-27-25-18-16-14-12-10-8-6-4-2/h18,20-21,25,43H,3-17,19,22-24,26-42H2,1-2H3,(H2,48,49,50)/b21-20-,25-18-. The van der Waals surface area contributed by atoms with Crippen LogP contribution in [0.3, 0.4) is 0 Å². The fourth-order valence-corrected chi connectivity index (χ4v) is 6.90. The maximum Gasteiger partial charge on any atom is 0.469 e. The van der Waals surface area contributed by atoms with E-state index in [4.69, 9.17) is 19.3 Å². The smallest absolute Gasteiger partial charge is 0.462 e. The molecular formula is C45H85O8P. The van der Waals surface area contributed by atoms with Crippen molar-refractivity contribution in [2.75, 3.05) is 13.2 Å². The van der Waals surface area contributed by atoms with Crippen molar-refractivity contribution in [3.8, 4) is 0 Å². The summed E-state index contributed by atoms with van der Waals surface area (Å²) < 4.78 is 26.4. The van der Waals surface area contributed by atoms with Crippen molar-refractivity contribution < 1.29 is 37.9 Å². The molecule has 1 atom stereocenters. The maximum atomic E-state index is 12.4. The Hall–Kier alpha value is -1.47. The quantitative estimate of drug-likeness (QED) is 0.0272. The van der Waals surface area contributed by atoms with E-state index in [1.54, 1.807) is 0 Å². The number of phosphoric acid groups is 1. The lowest BCUT2D eigenvalue weighted by molar-refractivity contribution is -0.161. The van der Waals surface area contributed by atoms with E-state index >= 15 is 0 Å². The van der Waals surface area contributed by atoms with Gasteiger partial charge >= 0.3 is 19.8 Å². The number of ether oxygens (including phenoxy) is 2. The number of hydrogen-bond acceptors (Lipinski definition) is 6. The fourth-order valence-electron chi connectivity index (χ4n) is 6.54. The molecule has 0 rings (SSSR count). The second-order valence-electron chi connectivity index (χ2n) is 15.4. The minimum Gasteiger partial charge on any atom is -0.462 e. The summed E-state index contributed by atoms with van der Waals surface area (Å²) in [7, 11) is -4.75. The number of hydrogen-bond donors (Lipinski definition) is 2. The maximum absolute atomic E-state index is 12.4. The summed E-state index contributed by atoms with van der Waals surface area (Å²) in [6.07, 6.45) is 47.6. The lowest BCUT2D eigenvalue weighted by atomic mass is 10.1. The molecule has 0 aromatic carbocycles. The number of allylic oxidation sites excluding steroid dienone is 4. The first-order chi connectivity index (χ1) is 26.3. The predicted octanol–water partition coefficient (Wildman–Crippen LogP) is 14.0. The zero-order valence-corrected chi connectivity index (χ0v) is 36.0. The first-order valence-electron chi connectivity index (χ1n) is 22.6. The SMILES string of the molecule is CCCCCCCC/C=C\CCCCCCCC(=O)OCC(COP(=O)(O)O)OC(=O)CCCCCCCCCCC/C=C\CCCCCCCCCC. The molecule has 0 aromatic heterocycles. The summed E-state index contributed by atoms with van der Waals surface area (Å²) >= 11 is 0. The van der Waals surface area contributed by atoms with Crippen molar-refractivity contribution in [2.24, 2.45) is 0 Å². The number of rotatable bonds is 42. The van der Waals surface area contributed by atoms with Gasteiger partial charge in [-0.3, -0.25) is 14.1 Å². The van der Waals surface area contributed by atoms with Gasteiger partial charge in [0.1, 0.15) is 6.61 Å². The average Bonchev–Trinajstić information content (AvgIpc) is 3.14. The highest BCUT2D eigenvalue weighted by Crippen LogP contribution is 2.36. The molecule has 0 radical (unpaired) electrons. The summed E-state index contributed by atoms with van der Waals surface area (Å²) in [5.74, 6) is -0.888. The zero-order chi connectivity index (χ0) is 39.6. The second kappa shape index (κ2) is 41.2. The van der Waals surface area contributed by atoms with Gasteiger partial charge in [-0.15, -0.1) is 0 Å². The lowest BCUT2D eigenvalue weighted by Crippen LogP contribution is -2.29. The molecule has 0 aliphatic carbocycles. The van der Waals surface area contributed by atoms with Crippen molar-refractivity contribution in [3.05, 3.63) is 24.3 Å². The van der Waals surface area contributed by atoms with Crippen LogP contribution in [-0.4, -0.2) is 41.0 Å². The molecule has 0 amide bonds. The van der Waals surface area contributed by atoms with Crippen molar-refractivity contribution >= 4 is 19.8 Å². The molecule has 0 saturated heterocycles. The molecule has 0 saturated carbocycles. The van der Waals surface area contributed by atoms with Gasteiger partial charge in [0.15, 0.2) is 6.10 Å². The summed E-state index contributed by atoms with van der Waals surface area (Å²) in [4.78, 5) is 42.9. The molecule has 1 unspecified atom stereocenters. The minimum absolute atomic E-state index is 0.210. The van der Waals surface area contributed by atoms with Crippen molar-refractivity contribution in [2.45, 2.75) is 238 Å². The zero-order valence-electron chi connectivity index (χ0n) is 35.1. The Morgan fingerprint density at radius 1 is 0.463 bits per heavy atom. The number of unbranched alkanes of at least 4 members (excludes halogenated alkanes) is 28. The van der Waals surface area contributed by atoms with E-state index in [-0.39, 0.29) is 19.4 Å². The van der Waals surface area contributed by atoms with Gasteiger partial charge in [0, 0.05) is 12.8 Å². The molecule has 0 spiro atoms. The second-order valence-corrected chi connectivity index (χ2v) is 16.6. The van der Waals surface area contributed by atoms with Gasteiger partial charge in [0.25, 0.3) is 0 Å². The van der Waals surface area contributed by atoms with Gasteiger partial charge in [-0.25, -0.2) is 4.57 Å². The van der Waals surface area contributed by atoms with E-state index in [2.05, 4.69) is 42.7 Å². The molecule has 0 bridgehead atoms. The monoisotopic (exact) mass is 785 g/mol. The Morgan fingerprint density at radius 3 is 1.13 bits per heavy atom. The third kappa shape index (κ3) is 43.3. The van der Waals surface area contributed by atoms with Gasteiger partial charge in [-0.05, 0) is 64.2 Å². The third-order valence-corrected chi connectivity index (χ3v) is 10.4. The Bertz CT molecular complexity index is 931. The molecule has 0 heterocycles. The Balaban J connectivity index is 3.86. The van der Waals surface area contributed by atoms with Gasteiger partial charge in [0.2, 0.25) is 0 Å². The van der Waals surface area contributed by atoms with Crippen LogP contribution in [0.2, 0.25) is 0 Å². The molecule has 54 heavy (non-hydrogen) atoms. The molecule has 8 nitrogen and oxygen atoms in total. The van der Waals surface area contributed by atoms with Crippen LogP contribution in [0.25, 0.3) is 0 Å². The highest BCUT2D eigenvalue weighted by molar-refractivity contribution is 7.46. The molecule has 0 aromatic rings. The van der Waals surface area contributed by atoms with E-state index in [9.17, 15) is 14.2 Å². The summed E-state index contributed by atoms with van der Waals surface area (Å²) in [6, 6.07) is 0. The first kappa shape index (κ1) is 52.5. The molecule has 9 heteroatoms. The van der Waals surface area contributed by atoms with Gasteiger partial charge in [0.05, 0.1) is 6.61 Å². The van der Waals surface area contributed by atoms with Crippen LogP contribution in [-0.2, 0) is 28.2 Å². The number of phosphoric ester groups is 1. The third-order valence-electron chi connectivity index (χ3n) is 9.94. The number of carbonyl (C=O) groups is 2. The van der Waals surface area contributed by atoms with Crippen LogP contribution in [0, 0.1) is 0 Å². The Morgan fingerprint density at radius 2 is 0.778 bits per heavy atom. The van der Waals surface area contributed by atoms with E-state index in [1.165, 1.54) is 141 Å². The topological polar surface area (TPSA) is 119 Å². The normalized spacial score (nSPS) is 12.6. The van der Waals surface area contributed by atoms with Gasteiger partial charge in [-0.1, -0.05) is 179 Å². The van der Waals surface area contributed by atoms with Crippen LogP contribution in [0.1, 0.15) is 232 Å². The molecule has 0 aliphatic heterocycles. The highest BCUT2D eigenvalue weighted by atomic mass is 31.2. The summed E-state index contributed by atoms with van der Waals surface area (Å²) in [6.45, 7) is 3.69. The van der Waals surface area contributed by atoms with E-state index in [0.717, 1.165) is 51.4 Å². The van der Waals surface area contributed by atoms with Crippen LogP contribution in [0.15, 0.2) is 24.3 Å². The molecule has 318 valence electrons. The van der Waals surface area contributed by atoms with Crippen molar-refractivity contribution in [1.29, 1.82) is 0 Å². The molecular weight excluding hydrogens is 699 g/mol. The number of carbonyl (C=O) groups excluding carboxylic acids is 2. The van der Waals surface area contributed by atoms with Gasteiger partial charge in [-0.2, -0.15) is 0 Å². The van der Waals surface area contributed by atoms with Crippen molar-refractivity contribution in [1.82, 2.24) is 0 Å². The highest BCUT2D eigenvalue weighted by Gasteiger charge is 2.22. The van der Waals surface area contributed by atoms with E-state index in [1.807, 2.05) is 0 Å². The number of esters is 2. The van der Waals surface area contributed by atoms with Crippen LogP contribution in [0.5, 0.6) is 0 Å². The summed E-state index contributed by atoms with van der Waals surface area (Å²) in [5.41, 5.74) is 0. The Kier molecular flexibility index (Phi) is 40.1. The van der Waals surface area contributed by atoms with Crippen molar-refractivity contribution in [3.63, 3.8) is 0 Å². The van der Waals surface area contributed by atoms with Gasteiger partial charge < -0.3 is 19.3 Å². The van der Waals surface area contributed by atoms with Crippen LogP contribution >= 0.6 is 7.82 Å². The van der Waals surface area contributed by atoms with E-state index < -0.39 is 32.5 Å². The molecule has 2 N–H and O–H groups in total. The average molecular weight is 785 g/mol. The van der Waals surface area contributed by atoms with Crippen LogP contribution in [0.4, 0.5) is 0 Å². The van der Waals surface area contributed by atoms with E-state index in [0.29, 0.717) is 12.8 Å². The molecule has 0 aliphatic rings. The molecule has 0 fully saturated rings.